The summed E-state index contributed by atoms with van der Waals surface area (Å²) in [5.41, 5.74) is 1.15. The second-order valence-electron chi connectivity index (χ2n) is 8.49. The number of nitrogens with zero attached hydrogens (tertiary/aromatic N) is 4. The van der Waals surface area contributed by atoms with Gasteiger partial charge >= 0.3 is 0 Å². The Hall–Kier alpha value is -2.47. The number of rotatable bonds is 6. The highest BCUT2D eigenvalue weighted by atomic mass is 32.2. The first-order valence-corrected chi connectivity index (χ1v) is 12.3. The zero-order valence-electron chi connectivity index (χ0n) is 20.9. The fourth-order valence-corrected chi connectivity index (χ4v) is 3.96. The van der Waals surface area contributed by atoms with Crippen molar-refractivity contribution in [2.24, 2.45) is 17.5 Å². The molecule has 0 atom stereocenters. The van der Waals surface area contributed by atoms with Gasteiger partial charge in [0.25, 0.3) is 6.47 Å². The number of carbonyl (C=O) groups is 1. The first-order chi connectivity index (χ1) is 14.8. The Balaban J connectivity index is 0.000000560. The molecule has 0 radical (unpaired) electrons. The van der Waals surface area contributed by atoms with Crippen LogP contribution in [0, 0.1) is 23.7 Å². The first-order valence-electron chi connectivity index (χ1n) is 10.7. The van der Waals surface area contributed by atoms with E-state index in [0.717, 1.165) is 24.8 Å². The molecule has 0 unspecified atom stereocenters. The number of nitriles is 1. The predicted molar refractivity (Wildman–Crippen MR) is 128 cm³/mol. The van der Waals surface area contributed by atoms with Gasteiger partial charge in [0.1, 0.15) is 11.4 Å². The molecular formula is C23H38N4O4S. The van der Waals surface area contributed by atoms with E-state index in [9.17, 15) is 13.2 Å². The highest BCUT2D eigenvalue weighted by molar-refractivity contribution is 7.91. The Labute approximate surface area is 193 Å². The summed E-state index contributed by atoms with van der Waals surface area (Å²) in [6.07, 6.45) is 6.85. The van der Waals surface area contributed by atoms with Gasteiger partial charge in [-0.15, -0.1) is 0 Å². The van der Waals surface area contributed by atoms with Crippen LogP contribution in [0.15, 0.2) is 16.1 Å². The molecule has 9 heteroatoms. The lowest BCUT2D eigenvalue weighted by atomic mass is 10.1. The van der Waals surface area contributed by atoms with E-state index in [1.807, 2.05) is 33.8 Å². The summed E-state index contributed by atoms with van der Waals surface area (Å²) in [5.74, 6) is 0.687. The molecule has 1 saturated carbocycles. The van der Waals surface area contributed by atoms with Crippen LogP contribution in [0.5, 0.6) is 0 Å². The second kappa shape index (κ2) is 12.5. The number of allylic oxidation sites excluding steroid dienone is 2. The van der Waals surface area contributed by atoms with E-state index < -0.39 is 9.84 Å². The van der Waals surface area contributed by atoms with Crippen LogP contribution in [-0.2, 0) is 26.4 Å². The maximum absolute atomic E-state index is 12.0. The van der Waals surface area contributed by atoms with Crippen LogP contribution in [-0.4, -0.2) is 49.1 Å². The molecule has 180 valence electrons. The van der Waals surface area contributed by atoms with E-state index in [1.165, 1.54) is 0 Å². The van der Waals surface area contributed by atoms with Gasteiger partial charge in [-0.1, -0.05) is 19.9 Å². The maximum atomic E-state index is 12.0. The van der Waals surface area contributed by atoms with Crippen molar-refractivity contribution in [3.63, 3.8) is 0 Å². The third-order valence-corrected chi connectivity index (χ3v) is 6.81. The van der Waals surface area contributed by atoms with Crippen molar-refractivity contribution in [3.8, 4) is 6.07 Å². The molecule has 1 aliphatic carbocycles. The van der Waals surface area contributed by atoms with Gasteiger partial charge in [0, 0.05) is 25.9 Å². The molecule has 0 spiro atoms. The number of aryl methyl sites for hydroxylation is 1. The van der Waals surface area contributed by atoms with Gasteiger partial charge in [-0.2, -0.15) is 5.26 Å². The largest absolute Gasteiger partial charge is 0.462 e. The molecule has 0 N–H and O–H groups in total. The number of imidazole rings is 1. The molecule has 1 aromatic heterocycles. The van der Waals surface area contributed by atoms with Crippen molar-refractivity contribution in [1.82, 2.24) is 9.55 Å². The maximum Gasteiger partial charge on any atom is 0.293 e. The predicted octanol–water partition coefficient (Wildman–Crippen LogP) is 4.28. The smallest absolute Gasteiger partial charge is 0.293 e. The second-order valence-corrected chi connectivity index (χ2v) is 10.7. The van der Waals surface area contributed by atoms with E-state index in [0.29, 0.717) is 18.0 Å². The average molecular weight is 467 g/mol. The van der Waals surface area contributed by atoms with Gasteiger partial charge in [-0.05, 0) is 53.9 Å². The number of hydrogen-bond acceptors (Lipinski definition) is 7. The van der Waals surface area contributed by atoms with E-state index in [4.69, 9.17) is 5.26 Å². The minimum atomic E-state index is -3.27. The van der Waals surface area contributed by atoms with E-state index >= 15 is 0 Å². The third-order valence-electron chi connectivity index (χ3n) is 4.89. The van der Waals surface area contributed by atoms with Crippen LogP contribution in [0.4, 0.5) is 0 Å². The van der Waals surface area contributed by atoms with Crippen LogP contribution < -0.4 is 0 Å². The van der Waals surface area contributed by atoms with Crippen molar-refractivity contribution in [2.45, 2.75) is 78.4 Å². The molecule has 0 amide bonds. The van der Waals surface area contributed by atoms with Crippen LogP contribution in [0.1, 0.15) is 72.3 Å². The topological polar surface area (TPSA) is 114 Å². The van der Waals surface area contributed by atoms with Gasteiger partial charge in [0.15, 0.2) is 14.9 Å². The number of ether oxygens (including phenoxy) is 1. The number of carbonyl (C=O) groups excluding carboxylic acids is 1. The Morgan fingerprint density at radius 1 is 1.34 bits per heavy atom. The van der Waals surface area contributed by atoms with E-state index in [1.54, 1.807) is 38.7 Å². The van der Waals surface area contributed by atoms with Gasteiger partial charge < -0.3 is 9.30 Å². The normalized spacial score (nSPS) is 15.1. The fraction of sp³-hybridized carbons (Fsp3) is 0.652. The van der Waals surface area contributed by atoms with Crippen molar-refractivity contribution in [3.05, 3.63) is 17.6 Å². The average Bonchev–Trinajstić information content (AvgIpc) is 3.45. The van der Waals surface area contributed by atoms with Gasteiger partial charge in [-0.3, -0.25) is 9.79 Å². The first kappa shape index (κ1) is 29.5. The highest BCUT2D eigenvalue weighted by Crippen LogP contribution is 2.47. The van der Waals surface area contributed by atoms with Crippen LogP contribution >= 0.6 is 0 Å². The molecule has 0 saturated heterocycles. The summed E-state index contributed by atoms with van der Waals surface area (Å²) in [7, 11) is 0.116. The number of aliphatic imine (C=N–C) groups is 1. The molecular weight excluding hydrogens is 428 g/mol. The number of aromatic nitrogens is 2. The Bertz CT molecular complexity index is 957. The minimum Gasteiger partial charge on any atom is -0.462 e. The van der Waals surface area contributed by atoms with Gasteiger partial charge in [-0.25, -0.2) is 13.4 Å². The molecule has 2 rings (SSSR count). The number of sulfone groups is 1. The third kappa shape index (κ3) is 8.95. The molecule has 8 nitrogen and oxygen atoms in total. The highest BCUT2D eigenvalue weighted by Gasteiger charge is 2.40. The molecule has 0 bridgehead atoms. The Morgan fingerprint density at radius 2 is 1.91 bits per heavy atom. The molecule has 1 aliphatic rings. The lowest BCUT2D eigenvalue weighted by Crippen LogP contribution is -2.17. The summed E-state index contributed by atoms with van der Waals surface area (Å²) in [4.78, 5) is 17.9. The molecule has 0 aliphatic heterocycles. The van der Waals surface area contributed by atoms with Crippen molar-refractivity contribution >= 4 is 28.1 Å². The van der Waals surface area contributed by atoms with Gasteiger partial charge in [0.05, 0.1) is 22.9 Å². The van der Waals surface area contributed by atoms with Crippen molar-refractivity contribution in [2.75, 3.05) is 12.8 Å². The quantitative estimate of drug-likeness (QED) is 0.456. The molecule has 32 heavy (non-hydrogen) atoms. The summed E-state index contributed by atoms with van der Waals surface area (Å²) >= 11 is 0. The van der Waals surface area contributed by atoms with Crippen molar-refractivity contribution in [1.29, 1.82) is 5.26 Å². The lowest BCUT2D eigenvalue weighted by Gasteiger charge is -2.14. The fourth-order valence-electron chi connectivity index (χ4n) is 2.69. The standard InChI is InChI=1S/C12H19N3O2S.C6H9N.C5H10O2/c1-6-10(8-13-4)11-14-9(3)12(15(11)5)18(16,17)7-2;1-2-6(5-7)3-4-6;1-5(2,3)7-4-6/h6,8H,7H2,1-5H3;2-4H2,1H3;4H,1-3H3/b10-6+,13-8?;;. The summed E-state index contributed by atoms with van der Waals surface area (Å²) < 4.78 is 30.2. The zero-order valence-corrected chi connectivity index (χ0v) is 21.7. The van der Waals surface area contributed by atoms with Gasteiger partial charge in [0.2, 0.25) is 0 Å². The zero-order chi connectivity index (χ0) is 25.2. The number of hydrogen-bond donors (Lipinski definition) is 0. The molecule has 0 aromatic carbocycles. The molecule has 1 aromatic rings. The molecule has 1 heterocycles. The Kier molecular flexibility index (Phi) is 11.6. The van der Waals surface area contributed by atoms with Crippen LogP contribution in [0.2, 0.25) is 0 Å². The lowest BCUT2D eigenvalue weighted by molar-refractivity contribution is -0.138. The monoisotopic (exact) mass is 466 g/mol. The Morgan fingerprint density at radius 3 is 2.16 bits per heavy atom. The summed E-state index contributed by atoms with van der Waals surface area (Å²) in [6.45, 7) is 13.2. The van der Waals surface area contributed by atoms with E-state index in [2.05, 4.69) is 27.7 Å². The SMILES string of the molecule is C/C=C(\C=NC)c1nc(C)c(S(=O)(=O)CC)n1C.CC(C)(C)OC=O.CCC1(C#N)CC1. The van der Waals surface area contributed by atoms with Crippen molar-refractivity contribution < 1.29 is 17.9 Å². The summed E-state index contributed by atoms with van der Waals surface area (Å²) in [5, 5.41) is 8.69. The summed E-state index contributed by atoms with van der Waals surface area (Å²) in [6, 6.07) is 2.30. The van der Waals surface area contributed by atoms with Crippen LogP contribution in [0.3, 0.4) is 0 Å². The van der Waals surface area contributed by atoms with Crippen LogP contribution in [0.25, 0.3) is 5.57 Å². The minimum absolute atomic E-state index is 0.0693. The van der Waals surface area contributed by atoms with E-state index in [-0.39, 0.29) is 21.8 Å². The molecule has 1 fully saturated rings.